The van der Waals surface area contributed by atoms with Gasteiger partial charge in [-0.25, -0.2) is 9.59 Å². The van der Waals surface area contributed by atoms with Crippen molar-refractivity contribution in [3.05, 3.63) is 125 Å². The normalized spacial score (nSPS) is 16.5. The van der Waals surface area contributed by atoms with Crippen molar-refractivity contribution in [1.82, 2.24) is 10.2 Å². The van der Waals surface area contributed by atoms with Crippen LogP contribution in [0.1, 0.15) is 45.1 Å². The van der Waals surface area contributed by atoms with Crippen molar-refractivity contribution in [2.45, 2.75) is 31.8 Å². The lowest BCUT2D eigenvalue weighted by Crippen LogP contribution is -2.46. The van der Waals surface area contributed by atoms with Crippen LogP contribution in [0.25, 0.3) is 0 Å². The van der Waals surface area contributed by atoms with Gasteiger partial charge >= 0.3 is 12.0 Å². The number of hydrogen-bond donors (Lipinski definition) is 3. The number of anilines is 1. The zero-order valence-electron chi connectivity index (χ0n) is 24.1. The molecule has 2 atom stereocenters. The summed E-state index contributed by atoms with van der Waals surface area (Å²) in [5.74, 6) is 0.269. The highest BCUT2D eigenvalue weighted by Gasteiger charge is 2.36. The maximum atomic E-state index is 14.1. The fraction of sp³-hybridized carbons (Fsp3) is 0.229. The summed E-state index contributed by atoms with van der Waals surface area (Å²) in [6.07, 6.45) is 2.54. The van der Waals surface area contributed by atoms with Gasteiger partial charge in [-0.3, -0.25) is 4.79 Å². The number of carbonyl (C=O) groups is 3. The van der Waals surface area contributed by atoms with E-state index < -0.39 is 12.0 Å². The van der Waals surface area contributed by atoms with Crippen LogP contribution >= 0.6 is 0 Å². The van der Waals surface area contributed by atoms with Gasteiger partial charge in [0.05, 0.1) is 18.2 Å². The number of carboxylic acid groups (broad SMARTS) is 1. The summed E-state index contributed by atoms with van der Waals surface area (Å²) in [4.78, 5) is 40.1. The maximum absolute atomic E-state index is 14.1. The summed E-state index contributed by atoms with van der Waals surface area (Å²) < 4.78 is 11.1. The largest absolute Gasteiger partial charge is 0.478 e. The molecule has 3 amide bonds. The molecule has 0 spiro atoms. The number of rotatable bonds is 9. The van der Waals surface area contributed by atoms with E-state index in [1.807, 2.05) is 59.5 Å². The molecule has 2 aliphatic rings. The van der Waals surface area contributed by atoms with Gasteiger partial charge in [-0.05, 0) is 77.8 Å². The van der Waals surface area contributed by atoms with E-state index in [2.05, 4.69) is 28.8 Å². The molecule has 0 bridgehead atoms. The van der Waals surface area contributed by atoms with Gasteiger partial charge in [0, 0.05) is 12.2 Å². The third kappa shape index (κ3) is 6.52. The Hall–Kier alpha value is -5.31. The van der Waals surface area contributed by atoms with Crippen molar-refractivity contribution in [2.75, 3.05) is 18.7 Å². The van der Waals surface area contributed by atoms with Gasteiger partial charge in [-0.15, -0.1) is 0 Å². The molecule has 4 aromatic rings. The van der Waals surface area contributed by atoms with Crippen LogP contribution in [0, 0.1) is 5.92 Å². The Balaban J connectivity index is 1.26. The second-order valence-corrected chi connectivity index (χ2v) is 11.0. The number of fused-ring (bicyclic) bond motifs is 2. The van der Waals surface area contributed by atoms with Crippen molar-refractivity contribution < 1.29 is 29.0 Å². The molecule has 6 rings (SSSR count). The summed E-state index contributed by atoms with van der Waals surface area (Å²) in [6, 6.07) is 29.3. The van der Waals surface area contributed by atoms with Crippen molar-refractivity contribution in [3.63, 3.8) is 0 Å². The summed E-state index contributed by atoms with van der Waals surface area (Å²) >= 11 is 0. The number of hydrogen-bond acceptors (Lipinski definition) is 5. The Kier molecular flexibility index (Phi) is 8.45. The molecule has 44 heavy (non-hydrogen) atoms. The average Bonchev–Trinajstić information content (AvgIpc) is 3.51. The second kappa shape index (κ2) is 12.9. The first-order valence-electron chi connectivity index (χ1n) is 14.6. The van der Waals surface area contributed by atoms with E-state index in [1.54, 1.807) is 12.1 Å². The molecule has 1 aliphatic heterocycles. The molecule has 0 aromatic heterocycles. The lowest BCUT2D eigenvalue weighted by Gasteiger charge is -2.42. The summed E-state index contributed by atoms with van der Waals surface area (Å²) in [5.41, 5.74) is 4.80. The van der Waals surface area contributed by atoms with E-state index in [4.69, 9.17) is 9.47 Å². The quantitative estimate of drug-likeness (QED) is 0.226. The molecule has 0 fully saturated rings. The monoisotopic (exact) mass is 591 g/mol. The molecular formula is C35H33N3O6. The minimum absolute atomic E-state index is 0.0531. The number of nitrogens with zero attached hydrogens (tertiary/aromatic N) is 1. The molecule has 224 valence electrons. The van der Waals surface area contributed by atoms with Gasteiger partial charge in [0.15, 0.2) is 11.5 Å². The number of urea groups is 1. The molecule has 0 saturated carbocycles. The maximum Gasteiger partial charge on any atom is 0.335 e. The number of carbonyl (C=O) groups excluding carboxylic acids is 2. The van der Waals surface area contributed by atoms with E-state index in [-0.39, 0.29) is 36.8 Å². The van der Waals surface area contributed by atoms with Crippen molar-refractivity contribution >= 4 is 23.6 Å². The van der Waals surface area contributed by atoms with Gasteiger partial charge in [0.2, 0.25) is 12.7 Å². The second-order valence-electron chi connectivity index (χ2n) is 11.0. The van der Waals surface area contributed by atoms with Crippen LogP contribution in [-0.4, -0.2) is 41.3 Å². The van der Waals surface area contributed by atoms with E-state index in [0.717, 1.165) is 47.5 Å². The molecule has 4 aromatic carbocycles. The third-order valence-corrected chi connectivity index (χ3v) is 8.16. The van der Waals surface area contributed by atoms with Gasteiger partial charge in [-0.2, -0.15) is 0 Å². The van der Waals surface area contributed by atoms with Crippen LogP contribution in [-0.2, 0) is 24.2 Å². The van der Waals surface area contributed by atoms with Crippen LogP contribution in [0.15, 0.2) is 97.1 Å². The summed E-state index contributed by atoms with van der Waals surface area (Å²) in [7, 11) is 0. The number of aromatic carboxylic acids is 1. The predicted octanol–water partition coefficient (Wildman–Crippen LogP) is 5.81. The molecular weight excluding hydrogens is 558 g/mol. The molecule has 1 aliphatic carbocycles. The molecule has 9 nitrogen and oxygen atoms in total. The van der Waals surface area contributed by atoms with Crippen LogP contribution in [0.4, 0.5) is 10.5 Å². The Morgan fingerprint density at radius 3 is 2.48 bits per heavy atom. The lowest BCUT2D eigenvalue weighted by atomic mass is 9.76. The Morgan fingerprint density at radius 1 is 0.841 bits per heavy atom. The van der Waals surface area contributed by atoms with E-state index >= 15 is 0 Å². The lowest BCUT2D eigenvalue weighted by molar-refractivity contribution is -0.135. The van der Waals surface area contributed by atoms with E-state index in [1.165, 1.54) is 17.7 Å². The summed E-state index contributed by atoms with van der Waals surface area (Å²) in [6.45, 7) is 0.357. The predicted molar refractivity (Wildman–Crippen MR) is 165 cm³/mol. The Labute approximate surface area is 255 Å². The van der Waals surface area contributed by atoms with Crippen molar-refractivity contribution in [3.8, 4) is 11.5 Å². The zero-order chi connectivity index (χ0) is 30.5. The SMILES string of the molecule is O=C(NCC(=O)N(Cc1ccccc1)C1c2ccccc2CCC1Cc1ccc2c(c1)OCO2)Nc1cccc(C(=O)O)c1. The Morgan fingerprint density at radius 2 is 1.64 bits per heavy atom. The van der Waals surface area contributed by atoms with Crippen LogP contribution in [0.2, 0.25) is 0 Å². The first-order valence-corrected chi connectivity index (χ1v) is 14.6. The van der Waals surface area contributed by atoms with Gasteiger partial charge in [-0.1, -0.05) is 66.7 Å². The van der Waals surface area contributed by atoms with Crippen LogP contribution < -0.4 is 20.1 Å². The smallest absolute Gasteiger partial charge is 0.335 e. The fourth-order valence-electron chi connectivity index (χ4n) is 6.09. The minimum Gasteiger partial charge on any atom is -0.478 e. The highest BCUT2D eigenvalue weighted by Crippen LogP contribution is 2.42. The number of aryl methyl sites for hydroxylation is 1. The number of nitrogens with one attached hydrogen (secondary N) is 2. The highest BCUT2D eigenvalue weighted by molar-refractivity contribution is 5.94. The summed E-state index contributed by atoms with van der Waals surface area (Å²) in [5, 5.41) is 14.6. The average molecular weight is 592 g/mol. The number of benzene rings is 4. The van der Waals surface area contributed by atoms with Gasteiger partial charge < -0.3 is 30.1 Å². The van der Waals surface area contributed by atoms with E-state index in [0.29, 0.717) is 12.2 Å². The van der Waals surface area contributed by atoms with Crippen LogP contribution in [0.5, 0.6) is 11.5 Å². The Bertz CT molecular complexity index is 1670. The molecule has 0 saturated heterocycles. The molecule has 3 N–H and O–H groups in total. The van der Waals surface area contributed by atoms with Crippen LogP contribution in [0.3, 0.4) is 0 Å². The number of ether oxygens (including phenoxy) is 2. The van der Waals surface area contributed by atoms with Gasteiger partial charge in [0.1, 0.15) is 0 Å². The third-order valence-electron chi connectivity index (χ3n) is 8.16. The molecule has 0 radical (unpaired) electrons. The molecule has 9 heteroatoms. The molecule has 1 heterocycles. The van der Waals surface area contributed by atoms with E-state index in [9.17, 15) is 19.5 Å². The minimum atomic E-state index is -1.09. The number of amides is 3. The highest BCUT2D eigenvalue weighted by atomic mass is 16.7. The standard InChI is InChI=1S/C35H33N3O6/c39-32(20-36-35(42)37-28-11-6-10-27(19-28)34(40)41)38(21-23-7-2-1-3-8-23)33-26(15-14-25-9-4-5-12-29(25)33)17-24-13-16-30-31(18-24)44-22-43-30/h1-13,16,18-19,26,33H,14-15,17,20-22H2,(H,40,41)(H2,36,37,42). The number of carboxylic acids is 1. The first-order chi connectivity index (χ1) is 21.4. The van der Waals surface area contributed by atoms with Crippen molar-refractivity contribution in [1.29, 1.82) is 0 Å². The molecule has 2 unspecified atom stereocenters. The van der Waals surface area contributed by atoms with Crippen molar-refractivity contribution in [2.24, 2.45) is 5.92 Å². The first kappa shape index (κ1) is 28.8. The topological polar surface area (TPSA) is 117 Å². The zero-order valence-corrected chi connectivity index (χ0v) is 24.1. The fourth-order valence-corrected chi connectivity index (χ4v) is 6.09. The van der Waals surface area contributed by atoms with Gasteiger partial charge in [0.25, 0.3) is 0 Å².